The van der Waals surface area contributed by atoms with Crippen molar-refractivity contribution in [2.75, 3.05) is 7.11 Å². The van der Waals surface area contributed by atoms with Gasteiger partial charge < -0.3 is 14.4 Å². The molecule has 0 aliphatic rings. The molecule has 2 aromatic rings. The third-order valence-electron chi connectivity index (χ3n) is 3.70. The first-order valence-corrected chi connectivity index (χ1v) is 6.51. The first-order chi connectivity index (χ1) is 9.45. The van der Waals surface area contributed by atoms with E-state index in [1.54, 1.807) is 13.2 Å². The molecule has 1 unspecified atom stereocenters. The van der Waals surface area contributed by atoms with Crippen molar-refractivity contribution >= 4 is 5.97 Å². The van der Waals surface area contributed by atoms with Crippen LogP contribution in [-0.4, -0.2) is 22.8 Å². The van der Waals surface area contributed by atoms with Crippen molar-refractivity contribution in [3.05, 3.63) is 52.8 Å². The van der Waals surface area contributed by atoms with Gasteiger partial charge in [-0.1, -0.05) is 12.1 Å². The fraction of sp³-hybridized carbons (Fsp3) is 0.312. The molecule has 0 amide bonds. The van der Waals surface area contributed by atoms with Crippen LogP contribution in [0.5, 0.6) is 5.75 Å². The maximum atomic E-state index is 11.2. The summed E-state index contributed by atoms with van der Waals surface area (Å²) in [5.74, 6) is -0.0700. The van der Waals surface area contributed by atoms with Gasteiger partial charge in [-0.3, -0.25) is 0 Å². The third kappa shape index (κ3) is 2.41. The Bertz CT molecular complexity index is 626. The molecule has 2 rings (SSSR count). The highest BCUT2D eigenvalue weighted by molar-refractivity contribution is 5.89. The topological polar surface area (TPSA) is 51.5 Å². The van der Waals surface area contributed by atoms with Crippen LogP contribution >= 0.6 is 0 Å². The quantitative estimate of drug-likeness (QED) is 0.928. The van der Waals surface area contributed by atoms with Crippen LogP contribution in [-0.2, 0) is 0 Å². The molecule has 0 spiro atoms. The predicted molar refractivity (Wildman–Crippen MR) is 77.7 cm³/mol. The minimum atomic E-state index is -0.883. The molecule has 4 nitrogen and oxygen atoms in total. The molecule has 0 aliphatic heterocycles. The second-order valence-corrected chi connectivity index (χ2v) is 4.91. The largest absolute Gasteiger partial charge is 0.497 e. The lowest BCUT2D eigenvalue weighted by molar-refractivity contribution is 0.0696. The van der Waals surface area contributed by atoms with Crippen LogP contribution in [0.15, 0.2) is 30.3 Å². The van der Waals surface area contributed by atoms with Crippen LogP contribution in [0.4, 0.5) is 0 Å². The number of carbonyl (C=O) groups is 1. The molecule has 4 heteroatoms. The molecule has 1 aromatic heterocycles. The lowest BCUT2D eigenvalue weighted by atomic mass is 10.1. The van der Waals surface area contributed by atoms with E-state index in [0.29, 0.717) is 5.56 Å². The summed E-state index contributed by atoms with van der Waals surface area (Å²) in [6.07, 6.45) is 0. The zero-order chi connectivity index (χ0) is 14.9. The summed E-state index contributed by atoms with van der Waals surface area (Å²) in [4.78, 5) is 11.2. The molecule has 1 aromatic carbocycles. The molecular formula is C16H19NO3. The Kier molecular flexibility index (Phi) is 3.84. The summed E-state index contributed by atoms with van der Waals surface area (Å²) in [5, 5.41) is 9.19. The van der Waals surface area contributed by atoms with Gasteiger partial charge in [0.05, 0.1) is 18.7 Å². The Balaban J connectivity index is 2.42. The van der Waals surface area contributed by atoms with Gasteiger partial charge in [0.2, 0.25) is 0 Å². The van der Waals surface area contributed by atoms with Gasteiger partial charge in [-0.15, -0.1) is 0 Å². The molecular weight excluding hydrogens is 254 g/mol. The average molecular weight is 273 g/mol. The SMILES string of the molecule is COc1ccc(C(C)n2c(C)cc(C(=O)O)c2C)cc1. The Morgan fingerprint density at radius 2 is 1.85 bits per heavy atom. The molecule has 1 atom stereocenters. The number of carboxylic acids is 1. The van der Waals surface area contributed by atoms with Crippen molar-refractivity contribution in [1.29, 1.82) is 0 Å². The van der Waals surface area contributed by atoms with E-state index in [4.69, 9.17) is 4.74 Å². The highest BCUT2D eigenvalue weighted by Gasteiger charge is 2.19. The summed E-state index contributed by atoms with van der Waals surface area (Å²) in [6, 6.07) is 9.63. The van der Waals surface area contributed by atoms with Crippen molar-refractivity contribution in [3.63, 3.8) is 0 Å². The highest BCUT2D eigenvalue weighted by atomic mass is 16.5. The normalized spacial score (nSPS) is 12.2. The van der Waals surface area contributed by atoms with Crippen LogP contribution in [0.2, 0.25) is 0 Å². The van der Waals surface area contributed by atoms with Gasteiger partial charge in [0.1, 0.15) is 5.75 Å². The van der Waals surface area contributed by atoms with E-state index in [2.05, 4.69) is 6.92 Å². The molecule has 0 radical (unpaired) electrons. The number of benzene rings is 1. The fourth-order valence-corrected chi connectivity index (χ4v) is 2.62. The minimum Gasteiger partial charge on any atom is -0.497 e. The Hall–Kier alpha value is -2.23. The zero-order valence-corrected chi connectivity index (χ0v) is 12.2. The van der Waals surface area contributed by atoms with Gasteiger partial charge in [0, 0.05) is 11.4 Å². The number of hydrogen-bond donors (Lipinski definition) is 1. The average Bonchev–Trinajstić information content (AvgIpc) is 2.73. The van der Waals surface area contributed by atoms with Gasteiger partial charge in [-0.25, -0.2) is 4.79 Å². The Labute approximate surface area is 118 Å². The number of nitrogens with zero attached hydrogens (tertiary/aromatic N) is 1. The van der Waals surface area contributed by atoms with Gasteiger partial charge >= 0.3 is 5.97 Å². The molecule has 20 heavy (non-hydrogen) atoms. The number of rotatable bonds is 4. The van der Waals surface area contributed by atoms with Crippen molar-refractivity contribution < 1.29 is 14.6 Å². The number of methoxy groups -OCH3 is 1. The van der Waals surface area contributed by atoms with E-state index in [1.165, 1.54) is 0 Å². The van der Waals surface area contributed by atoms with Crippen molar-refractivity contribution in [1.82, 2.24) is 4.57 Å². The van der Waals surface area contributed by atoms with Gasteiger partial charge in [0.25, 0.3) is 0 Å². The van der Waals surface area contributed by atoms with Crippen LogP contribution in [0, 0.1) is 13.8 Å². The number of aromatic carboxylic acids is 1. The molecule has 0 bridgehead atoms. The lowest BCUT2D eigenvalue weighted by Crippen LogP contribution is -2.11. The smallest absolute Gasteiger partial charge is 0.337 e. The Morgan fingerprint density at radius 1 is 1.25 bits per heavy atom. The number of aromatic nitrogens is 1. The molecule has 0 fully saturated rings. The first-order valence-electron chi connectivity index (χ1n) is 6.51. The number of hydrogen-bond acceptors (Lipinski definition) is 2. The van der Waals surface area contributed by atoms with E-state index >= 15 is 0 Å². The summed E-state index contributed by atoms with van der Waals surface area (Å²) in [5.41, 5.74) is 3.20. The number of ether oxygens (including phenoxy) is 1. The lowest BCUT2D eigenvalue weighted by Gasteiger charge is -2.19. The maximum Gasteiger partial charge on any atom is 0.337 e. The second-order valence-electron chi connectivity index (χ2n) is 4.91. The van der Waals surface area contributed by atoms with E-state index in [9.17, 15) is 9.90 Å². The van der Waals surface area contributed by atoms with Crippen molar-refractivity contribution in [2.24, 2.45) is 0 Å². The van der Waals surface area contributed by atoms with Crippen LogP contribution in [0.1, 0.15) is 40.3 Å². The van der Waals surface area contributed by atoms with Gasteiger partial charge in [-0.2, -0.15) is 0 Å². The Morgan fingerprint density at radius 3 is 2.30 bits per heavy atom. The molecule has 0 saturated carbocycles. The van der Waals surface area contributed by atoms with Crippen LogP contribution in [0.3, 0.4) is 0 Å². The second kappa shape index (κ2) is 5.41. The minimum absolute atomic E-state index is 0.0778. The predicted octanol–water partition coefficient (Wildman–Crippen LogP) is 3.42. The molecule has 1 N–H and O–H groups in total. The van der Waals surface area contributed by atoms with Gasteiger partial charge in [-0.05, 0) is 44.5 Å². The van der Waals surface area contributed by atoms with Crippen molar-refractivity contribution in [2.45, 2.75) is 26.8 Å². The fourth-order valence-electron chi connectivity index (χ4n) is 2.62. The van der Waals surface area contributed by atoms with Crippen LogP contribution in [0.25, 0.3) is 0 Å². The number of carboxylic acid groups (broad SMARTS) is 1. The number of aryl methyl sites for hydroxylation is 1. The van der Waals surface area contributed by atoms with Crippen molar-refractivity contribution in [3.8, 4) is 5.75 Å². The van der Waals surface area contributed by atoms with E-state index < -0.39 is 5.97 Å². The van der Waals surface area contributed by atoms with Gasteiger partial charge in [0.15, 0.2) is 0 Å². The van der Waals surface area contributed by atoms with E-state index in [0.717, 1.165) is 22.7 Å². The highest BCUT2D eigenvalue weighted by Crippen LogP contribution is 2.26. The summed E-state index contributed by atoms with van der Waals surface area (Å²) in [7, 11) is 1.64. The zero-order valence-electron chi connectivity index (χ0n) is 12.2. The molecule has 1 heterocycles. The summed E-state index contributed by atoms with van der Waals surface area (Å²) < 4.78 is 7.20. The standard InChI is InChI=1S/C16H19NO3/c1-10-9-15(16(18)19)12(3)17(10)11(2)13-5-7-14(20-4)8-6-13/h5-9,11H,1-4H3,(H,18,19). The van der Waals surface area contributed by atoms with E-state index in [-0.39, 0.29) is 6.04 Å². The monoisotopic (exact) mass is 273 g/mol. The summed E-state index contributed by atoms with van der Waals surface area (Å²) >= 11 is 0. The maximum absolute atomic E-state index is 11.2. The first kappa shape index (κ1) is 14.2. The molecule has 106 valence electrons. The third-order valence-corrected chi connectivity index (χ3v) is 3.70. The molecule has 0 aliphatic carbocycles. The van der Waals surface area contributed by atoms with E-state index in [1.807, 2.05) is 42.7 Å². The van der Waals surface area contributed by atoms with Crippen LogP contribution < -0.4 is 4.74 Å². The summed E-state index contributed by atoms with van der Waals surface area (Å²) in [6.45, 7) is 5.84. The molecule has 0 saturated heterocycles.